The molecule has 0 amide bonds. The highest BCUT2D eigenvalue weighted by molar-refractivity contribution is 5.47. The highest BCUT2D eigenvalue weighted by Crippen LogP contribution is 2.16. The molecule has 0 bridgehead atoms. The Morgan fingerprint density at radius 3 is 1.48 bits per heavy atom. The minimum absolute atomic E-state index is 0.0340. The summed E-state index contributed by atoms with van der Waals surface area (Å²) in [7, 11) is 0. The Kier molecular flexibility index (Phi) is 21.5. The van der Waals surface area contributed by atoms with Crippen LogP contribution in [0.15, 0.2) is 24.3 Å². The molecule has 8 nitrogen and oxygen atoms in total. The molecule has 0 unspecified atom stereocenters. The molecule has 0 aliphatic rings. The molecule has 0 aromatic heterocycles. The Bertz CT molecular complexity index is 401. The molecule has 0 aliphatic heterocycles. The van der Waals surface area contributed by atoms with Crippen molar-refractivity contribution in [2.75, 3.05) is 0 Å². The van der Waals surface area contributed by atoms with Gasteiger partial charge in [-0.15, -0.1) is 0 Å². The quantitative estimate of drug-likeness (QED) is 0.473. The van der Waals surface area contributed by atoms with Crippen molar-refractivity contribution >= 4 is 31.0 Å². The highest BCUT2D eigenvalue weighted by atomic mass is 16.6. The molecule has 0 saturated heterocycles. The molecular weight excluding hydrogens is 282 g/mol. The van der Waals surface area contributed by atoms with Gasteiger partial charge in [0.25, 0.3) is 12.2 Å². The van der Waals surface area contributed by atoms with E-state index >= 15 is 0 Å². The van der Waals surface area contributed by atoms with E-state index in [0.717, 1.165) is 18.9 Å². The maximum absolute atomic E-state index is 10.2. The second kappa shape index (κ2) is 19.4. The first kappa shape index (κ1) is 23.2. The van der Waals surface area contributed by atoms with Crippen LogP contribution in [0.25, 0.3) is 0 Å². The van der Waals surface area contributed by atoms with E-state index in [1.807, 2.05) is 0 Å². The first-order valence-electron chi connectivity index (χ1n) is 5.52. The van der Waals surface area contributed by atoms with Crippen LogP contribution < -0.4 is 4.74 Å². The van der Waals surface area contributed by atoms with Crippen molar-refractivity contribution < 1.29 is 28.8 Å². The second-order valence-electron chi connectivity index (χ2n) is 2.67. The van der Waals surface area contributed by atoms with E-state index in [1.165, 1.54) is 45.0 Å². The van der Waals surface area contributed by atoms with E-state index in [9.17, 15) is 14.9 Å². The van der Waals surface area contributed by atoms with Crippen LogP contribution in [-0.2, 0) is 19.2 Å². The third-order valence-electron chi connectivity index (χ3n) is 1.23. The Labute approximate surface area is 121 Å². The molecule has 1 aromatic rings. The van der Waals surface area contributed by atoms with Gasteiger partial charge in [-0.05, 0) is 32.9 Å². The summed E-state index contributed by atoms with van der Waals surface area (Å²) in [5.41, 5.74) is -0.0340. The molecular formula is C13H17NO7. The van der Waals surface area contributed by atoms with E-state index < -0.39 is 4.92 Å². The molecule has 21 heavy (non-hydrogen) atoms. The van der Waals surface area contributed by atoms with Crippen LogP contribution in [0.1, 0.15) is 20.8 Å². The number of nitrogens with zero attached hydrogens (tertiary/aromatic N) is 1. The van der Waals surface area contributed by atoms with Gasteiger partial charge in [-0.25, -0.2) is 0 Å². The summed E-state index contributed by atoms with van der Waals surface area (Å²) in [4.78, 5) is 45.9. The van der Waals surface area contributed by atoms with Gasteiger partial charge in [0.2, 0.25) is 0 Å². The summed E-state index contributed by atoms with van der Waals surface area (Å²) in [5.74, 6) is 0.288. The fourth-order valence-electron chi connectivity index (χ4n) is 0.702. The Morgan fingerprint density at radius 1 is 0.905 bits per heavy atom. The van der Waals surface area contributed by atoms with Gasteiger partial charge in [0.1, 0.15) is 24.6 Å². The third-order valence-corrected chi connectivity index (χ3v) is 1.23. The Balaban J connectivity index is -0.000000300. The number of carbonyl (C=O) groups is 4. The number of benzene rings is 1. The average molecular weight is 299 g/mol. The summed E-state index contributed by atoms with van der Waals surface area (Å²) in [6.07, 6.45) is 2.25. The molecule has 0 spiro atoms. The normalized spacial score (nSPS) is 7.00. The lowest BCUT2D eigenvalue weighted by Crippen LogP contribution is -1.90. The number of nitro benzene ring substituents is 1. The lowest BCUT2D eigenvalue weighted by atomic mass is 10.3. The van der Waals surface area contributed by atoms with Gasteiger partial charge in [-0.1, -0.05) is 0 Å². The molecule has 0 atom stereocenters. The van der Waals surface area contributed by atoms with Gasteiger partial charge >= 0.3 is 0 Å². The van der Waals surface area contributed by atoms with Crippen molar-refractivity contribution in [3.63, 3.8) is 0 Å². The number of ether oxygens (including phenoxy) is 1. The molecule has 0 fully saturated rings. The van der Waals surface area contributed by atoms with Gasteiger partial charge in [-0.2, -0.15) is 0 Å². The number of hydrogen-bond acceptors (Lipinski definition) is 7. The molecule has 116 valence electrons. The number of non-ortho nitro benzene ring substituents is 1. The molecule has 0 saturated carbocycles. The van der Waals surface area contributed by atoms with Gasteiger partial charge in [0.05, 0.1) is 4.92 Å². The van der Waals surface area contributed by atoms with Crippen molar-refractivity contribution in [1.82, 2.24) is 0 Å². The van der Waals surface area contributed by atoms with Crippen LogP contribution >= 0.6 is 0 Å². The van der Waals surface area contributed by atoms with Crippen LogP contribution in [0.5, 0.6) is 5.75 Å². The number of rotatable bonds is 3. The maximum atomic E-state index is 10.2. The van der Waals surface area contributed by atoms with Crippen molar-refractivity contribution in [2.45, 2.75) is 20.8 Å². The SMILES string of the molecule is CC=O.CC=O.CC=O.O=COc1ccc([N+](=O)[O-])cc1. The molecule has 0 heterocycles. The van der Waals surface area contributed by atoms with Crippen molar-refractivity contribution in [3.8, 4) is 5.75 Å². The number of carbonyl (C=O) groups excluding carboxylic acids is 4. The first-order chi connectivity index (χ1) is 9.98. The van der Waals surface area contributed by atoms with Gasteiger partial charge < -0.3 is 19.1 Å². The zero-order valence-electron chi connectivity index (χ0n) is 11.9. The number of aldehydes is 3. The van der Waals surface area contributed by atoms with Crippen LogP contribution in [0.2, 0.25) is 0 Å². The van der Waals surface area contributed by atoms with Crippen LogP contribution in [0.4, 0.5) is 5.69 Å². The van der Waals surface area contributed by atoms with Crippen molar-refractivity contribution in [2.24, 2.45) is 0 Å². The second-order valence-corrected chi connectivity index (χ2v) is 2.67. The van der Waals surface area contributed by atoms with Gasteiger partial charge in [-0.3, -0.25) is 14.9 Å². The minimum atomic E-state index is -0.523. The standard InChI is InChI=1S/C7H5NO4.3C2H4O/c9-5-12-7-3-1-6(2-4-7)8(10)11;3*1-2-3/h1-5H;3*2H,1H3. The Morgan fingerprint density at radius 2 is 1.24 bits per heavy atom. The summed E-state index contributed by atoms with van der Waals surface area (Å²) in [6, 6.07) is 5.23. The average Bonchev–Trinajstić information content (AvgIpc) is 2.42. The predicted octanol–water partition coefficient (Wildman–Crippen LogP) is 1.75. The fourth-order valence-corrected chi connectivity index (χ4v) is 0.702. The summed E-state index contributed by atoms with van der Waals surface area (Å²) in [5, 5.41) is 10.2. The predicted molar refractivity (Wildman–Crippen MR) is 75.0 cm³/mol. The van der Waals surface area contributed by atoms with Crippen LogP contribution in [0, 0.1) is 10.1 Å². The van der Waals surface area contributed by atoms with Gasteiger partial charge in [0.15, 0.2) is 0 Å². The summed E-state index contributed by atoms with van der Waals surface area (Å²) >= 11 is 0. The lowest BCUT2D eigenvalue weighted by Gasteiger charge is -1.94. The molecule has 1 rings (SSSR count). The molecule has 1 aromatic carbocycles. The smallest absolute Gasteiger partial charge is 0.298 e. The van der Waals surface area contributed by atoms with E-state index in [1.54, 1.807) is 0 Å². The fraction of sp³-hybridized carbons (Fsp3) is 0.231. The monoisotopic (exact) mass is 299 g/mol. The first-order valence-corrected chi connectivity index (χ1v) is 5.52. The van der Waals surface area contributed by atoms with Gasteiger partial charge in [0, 0.05) is 12.1 Å². The van der Waals surface area contributed by atoms with Crippen LogP contribution in [-0.4, -0.2) is 30.3 Å². The van der Waals surface area contributed by atoms with Crippen molar-refractivity contribution in [3.05, 3.63) is 34.4 Å². The number of nitro groups is 1. The molecule has 0 N–H and O–H groups in total. The molecule has 0 radical (unpaired) electrons. The van der Waals surface area contributed by atoms with E-state index in [4.69, 9.17) is 14.4 Å². The summed E-state index contributed by atoms with van der Waals surface area (Å²) in [6.45, 7) is 4.60. The zero-order valence-corrected chi connectivity index (χ0v) is 11.9. The minimum Gasteiger partial charge on any atom is -0.429 e. The lowest BCUT2D eigenvalue weighted by molar-refractivity contribution is -0.384. The third kappa shape index (κ3) is 19.6. The van der Waals surface area contributed by atoms with E-state index in [-0.39, 0.29) is 17.9 Å². The zero-order chi connectivity index (χ0) is 17.1. The molecule has 8 heteroatoms. The maximum Gasteiger partial charge on any atom is 0.298 e. The number of hydrogen-bond donors (Lipinski definition) is 0. The topological polar surface area (TPSA) is 121 Å². The summed E-state index contributed by atoms with van der Waals surface area (Å²) < 4.78 is 4.44. The van der Waals surface area contributed by atoms with E-state index in [2.05, 4.69) is 4.74 Å². The van der Waals surface area contributed by atoms with Crippen molar-refractivity contribution in [1.29, 1.82) is 0 Å². The molecule has 0 aliphatic carbocycles. The highest BCUT2D eigenvalue weighted by Gasteiger charge is 2.03. The van der Waals surface area contributed by atoms with E-state index in [0.29, 0.717) is 0 Å². The van der Waals surface area contributed by atoms with Crippen LogP contribution in [0.3, 0.4) is 0 Å². The largest absolute Gasteiger partial charge is 0.429 e. The Hall–Kier alpha value is -2.90.